The second kappa shape index (κ2) is 8.58. The van der Waals surface area contributed by atoms with E-state index in [1.165, 1.54) is 6.07 Å². The number of aromatic nitrogens is 1. The van der Waals surface area contributed by atoms with Gasteiger partial charge >= 0.3 is 0 Å². The van der Waals surface area contributed by atoms with Gasteiger partial charge in [-0.2, -0.15) is 0 Å². The van der Waals surface area contributed by atoms with Gasteiger partial charge in [0.2, 0.25) is 5.91 Å². The summed E-state index contributed by atoms with van der Waals surface area (Å²) in [6, 6.07) is 8.35. The molecular weight excluding hydrogens is 355 g/mol. The van der Waals surface area contributed by atoms with Crippen LogP contribution in [0.5, 0.6) is 0 Å². The molecule has 0 aliphatic carbocycles. The first-order chi connectivity index (χ1) is 12.5. The third-order valence-corrected chi connectivity index (χ3v) is 5.03. The smallest absolute Gasteiger partial charge is 0.238 e. The van der Waals surface area contributed by atoms with E-state index in [4.69, 9.17) is 11.6 Å². The molecule has 1 aliphatic rings. The minimum Gasteiger partial charge on any atom is -0.349 e. The van der Waals surface area contributed by atoms with Crippen molar-refractivity contribution in [2.75, 3.05) is 19.6 Å². The summed E-state index contributed by atoms with van der Waals surface area (Å²) in [5.74, 6) is -0.397. The van der Waals surface area contributed by atoms with Crippen LogP contribution in [0.3, 0.4) is 0 Å². The van der Waals surface area contributed by atoms with Crippen molar-refractivity contribution in [2.24, 2.45) is 0 Å². The van der Waals surface area contributed by atoms with Crippen LogP contribution >= 0.6 is 11.6 Å². The third kappa shape index (κ3) is 4.58. The van der Waals surface area contributed by atoms with E-state index in [1.807, 2.05) is 30.0 Å². The molecule has 0 radical (unpaired) electrons. The van der Waals surface area contributed by atoms with Gasteiger partial charge in [-0.15, -0.1) is 0 Å². The van der Waals surface area contributed by atoms with Gasteiger partial charge in [0, 0.05) is 37.9 Å². The summed E-state index contributed by atoms with van der Waals surface area (Å²) in [7, 11) is 0. The quantitative estimate of drug-likeness (QED) is 0.840. The molecule has 26 heavy (non-hydrogen) atoms. The fraction of sp³-hybridized carbons (Fsp3) is 0.368. The SMILES string of the molecule is Cc1ccc(F)c(CN2CCN[C@@H](C(=O)NCc3ccccn3)C2)c1Cl. The van der Waals surface area contributed by atoms with Gasteiger partial charge in [-0.3, -0.25) is 14.7 Å². The van der Waals surface area contributed by atoms with E-state index in [0.29, 0.717) is 36.8 Å². The second-order valence-electron chi connectivity index (χ2n) is 6.44. The van der Waals surface area contributed by atoms with Gasteiger partial charge in [0.05, 0.1) is 23.3 Å². The van der Waals surface area contributed by atoms with Gasteiger partial charge in [0.15, 0.2) is 0 Å². The number of nitrogens with one attached hydrogen (secondary N) is 2. The summed E-state index contributed by atoms with van der Waals surface area (Å²) in [6.45, 7) is 4.52. The number of rotatable bonds is 5. The van der Waals surface area contributed by atoms with Crippen molar-refractivity contribution in [3.05, 3.63) is 64.2 Å². The standard InChI is InChI=1S/C19H22ClFN4O/c1-13-5-6-16(21)15(18(13)20)11-25-9-8-23-17(12-25)19(26)24-10-14-4-2-3-7-22-14/h2-7,17,23H,8-12H2,1H3,(H,24,26)/t17-/m1/s1. The first-order valence-corrected chi connectivity index (χ1v) is 8.99. The zero-order valence-electron chi connectivity index (χ0n) is 14.6. The number of piperazine rings is 1. The molecular formula is C19H22ClFN4O. The van der Waals surface area contributed by atoms with E-state index in [9.17, 15) is 9.18 Å². The van der Waals surface area contributed by atoms with Crippen LogP contribution in [0.2, 0.25) is 5.02 Å². The number of halogens is 2. The van der Waals surface area contributed by atoms with Crippen molar-refractivity contribution in [2.45, 2.75) is 26.1 Å². The minimum atomic E-state index is -0.348. The predicted molar refractivity (Wildman–Crippen MR) is 99.3 cm³/mol. The number of nitrogens with zero attached hydrogens (tertiary/aromatic N) is 2. The molecule has 1 saturated heterocycles. The molecule has 5 nitrogen and oxygen atoms in total. The molecule has 2 aromatic rings. The van der Waals surface area contributed by atoms with Crippen molar-refractivity contribution >= 4 is 17.5 Å². The van der Waals surface area contributed by atoms with Gasteiger partial charge < -0.3 is 10.6 Å². The lowest BCUT2D eigenvalue weighted by molar-refractivity contribution is -0.124. The molecule has 1 aromatic heterocycles. The van der Waals surface area contributed by atoms with Crippen molar-refractivity contribution in [1.29, 1.82) is 0 Å². The summed E-state index contributed by atoms with van der Waals surface area (Å²) in [4.78, 5) is 18.7. The van der Waals surface area contributed by atoms with E-state index in [1.54, 1.807) is 12.3 Å². The number of aryl methyl sites for hydroxylation is 1. The van der Waals surface area contributed by atoms with E-state index in [-0.39, 0.29) is 17.8 Å². The molecule has 138 valence electrons. The Morgan fingerprint density at radius 3 is 3.04 bits per heavy atom. The normalized spacial score (nSPS) is 17.9. The third-order valence-electron chi connectivity index (χ3n) is 4.51. The number of benzene rings is 1. The molecule has 7 heteroatoms. The van der Waals surface area contributed by atoms with Crippen molar-refractivity contribution in [3.63, 3.8) is 0 Å². The van der Waals surface area contributed by atoms with Crippen molar-refractivity contribution < 1.29 is 9.18 Å². The minimum absolute atomic E-state index is 0.0869. The van der Waals surface area contributed by atoms with Crippen LogP contribution in [-0.2, 0) is 17.9 Å². The largest absolute Gasteiger partial charge is 0.349 e. The van der Waals surface area contributed by atoms with Crippen LogP contribution in [-0.4, -0.2) is 41.5 Å². The molecule has 1 aliphatic heterocycles. The van der Waals surface area contributed by atoms with Crippen LogP contribution in [0.1, 0.15) is 16.8 Å². The maximum absolute atomic E-state index is 14.1. The van der Waals surface area contributed by atoms with Gasteiger partial charge in [-0.05, 0) is 30.7 Å². The predicted octanol–water partition coefficient (Wildman–Crippen LogP) is 2.27. The molecule has 1 aromatic carbocycles. The van der Waals surface area contributed by atoms with Crippen molar-refractivity contribution in [3.8, 4) is 0 Å². The van der Waals surface area contributed by atoms with Gasteiger partial charge in [-0.1, -0.05) is 23.7 Å². The number of hydrogen-bond acceptors (Lipinski definition) is 4. The monoisotopic (exact) mass is 376 g/mol. The highest BCUT2D eigenvalue weighted by Crippen LogP contribution is 2.25. The van der Waals surface area contributed by atoms with E-state index in [2.05, 4.69) is 15.6 Å². The van der Waals surface area contributed by atoms with Crippen LogP contribution in [0.15, 0.2) is 36.5 Å². The Labute approximate surface area is 157 Å². The molecule has 1 fully saturated rings. The average Bonchev–Trinajstić information content (AvgIpc) is 2.67. The van der Waals surface area contributed by atoms with Gasteiger partial charge in [0.25, 0.3) is 0 Å². The van der Waals surface area contributed by atoms with E-state index < -0.39 is 0 Å². The Hall–Kier alpha value is -2.02. The van der Waals surface area contributed by atoms with E-state index >= 15 is 0 Å². The summed E-state index contributed by atoms with van der Waals surface area (Å²) >= 11 is 6.27. The van der Waals surface area contributed by atoms with Crippen LogP contribution in [0.25, 0.3) is 0 Å². The highest BCUT2D eigenvalue weighted by atomic mass is 35.5. The Morgan fingerprint density at radius 2 is 2.27 bits per heavy atom. The van der Waals surface area contributed by atoms with E-state index in [0.717, 1.165) is 17.8 Å². The lowest BCUT2D eigenvalue weighted by Crippen LogP contribution is -2.56. The molecule has 1 atom stereocenters. The van der Waals surface area contributed by atoms with Crippen molar-refractivity contribution in [1.82, 2.24) is 20.5 Å². The molecule has 0 saturated carbocycles. The van der Waals surface area contributed by atoms with Crippen LogP contribution in [0, 0.1) is 12.7 Å². The lowest BCUT2D eigenvalue weighted by atomic mass is 10.1. The number of amides is 1. The van der Waals surface area contributed by atoms with Crippen LogP contribution < -0.4 is 10.6 Å². The lowest BCUT2D eigenvalue weighted by Gasteiger charge is -2.33. The molecule has 2 N–H and O–H groups in total. The highest BCUT2D eigenvalue weighted by Gasteiger charge is 2.26. The maximum atomic E-state index is 14.1. The first kappa shape index (κ1) is 18.8. The average molecular weight is 377 g/mol. The summed E-state index contributed by atoms with van der Waals surface area (Å²) < 4.78 is 14.1. The topological polar surface area (TPSA) is 57.3 Å². The Bertz CT molecular complexity index is 772. The molecule has 0 bridgehead atoms. The fourth-order valence-electron chi connectivity index (χ4n) is 3.02. The summed E-state index contributed by atoms with van der Waals surface area (Å²) in [5, 5.41) is 6.56. The molecule has 2 heterocycles. The first-order valence-electron chi connectivity index (χ1n) is 8.61. The Morgan fingerprint density at radius 1 is 1.42 bits per heavy atom. The molecule has 1 amide bonds. The maximum Gasteiger partial charge on any atom is 0.238 e. The molecule has 0 unspecified atom stereocenters. The summed E-state index contributed by atoms with van der Waals surface area (Å²) in [6.07, 6.45) is 1.70. The Balaban J connectivity index is 1.59. The second-order valence-corrected chi connectivity index (χ2v) is 6.82. The number of pyridine rings is 1. The van der Waals surface area contributed by atoms with Gasteiger partial charge in [-0.25, -0.2) is 4.39 Å². The summed E-state index contributed by atoms with van der Waals surface area (Å²) in [5.41, 5.74) is 2.14. The zero-order valence-corrected chi connectivity index (χ0v) is 15.4. The number of hydrogen-bond donors (Lipinski definition) is 2. The Kier molecular flexibility index (Phi) is 6.19. The van der Waals surface area contributed by atoms with Crippen LogP contribution in [0.4, 0.5) is 4.39 Å². The fourth-order valence-corrected chi connectivity index (χ4v) is 3.23. The molecule has 3 rings (SSSR count). The zero-order chi connectivity index (χ0) is 18.5. The highest BCUT2D eigenvalue weighted by molar-refractivity contribution is 6.32. The number of carbonyl (C=O) groups is 1. The molecule has 0 spiro atoms. The van der Waals surface area contributed by atoms with Gasteiger partial charge in [0.1, 0.15) is 5.82 Å². The number of carbonyl (C=O) groups excluding carboxylic acids is 1.